The lowest BCUT2D eigenvalue weighted by atomic mass is 9.95. The van der Waals surface area contributed by atoms with Gasteiger partial charge in [0.05, 0.1) is 12.0 Å². The molecule has 0 aromatic heterocycles. The summed E-state index contributed by atoms with van der Waals surface area (Å²) >= 11 is 0. The maximum Gasteiger partial charge on any atom is 0.337 e. The van der Waals surface area contributed by atoms with Crippen LogP contribution in [-0.2, 0) is 14.3 Å². The smallest absolute Gasteiger partial charge is 0.337 e. The van der Waals surface area contributed by atoms with Crippen LogP contribution in [-0.4, -0.2) is 11.8 Å². The minimum Gasteiger partial charge on any atom is -0.457 e. The van der Waals surface area contributed by atoms with Gasteiger partial charge in [-0.25, -0.2) is 4.79 Å². The lowest BCUT2D eigenvalue weighted by Crippen LogP contribution is -2.34. The largest absolute Gasteiger partial charge is 0.457 e. The highest BCUT2D eigenvalue weighted by molar-refractivity contribution is 5.83. The average molecular weight is 256 g/mol. The number of hydrogen-bond acceptors (Lipinski definition) is 3. The van der Waals surface area contributed by atoms with Gasteiger partial charge in [0.25, 0.3) is 0 Å². The molecule has 1 heterocycles. The first-order valence-electron chi connectivity index (χ1n) is 6.14. The van der Waals surface area contributed by atoms with Gasteiger partial charge < -0.3 is 9.47 Å². The van der Waals surface area contributed by atoms with Gasteiger partial charge in [0.1, 0.15) is 5.76 Å². The molecule has 1 atom stereocenters. The summed E-state index contributed by atoms with van der Waals surface area (Å²) in [6, 6.07) is 9.75. The summed E-state index contributed by atoms with van der Waals surface area (Å²) in [5.74, 6) is 1.85. The molecule has 19 heavy (non-hydrogen) atoms. The van der Waals surface area contributed by atoms with E-state index in [-0.39, 0.29) is 5.92 Å². The molecule has 0 amide bonds. The van der Waals surface area contributed by atoms with Crippen molar-refractivity contribution in [3.05, 3.63) is 47.7 Å². The number of carbonyl (C=O) groups is 1. The number of carbonyl (C=O) groups excluding carboxylic acids is 1. The van der Waals surface area contributed by atoms with Crippen LogP contribution in [0.2, 0.25) is 0 Å². The van der Waals surface area contributed by atoms with E-state index in [0.29, 0.717) is 12.2 Å². The number of benzene rings is 1. The van der Waals surface area contributed by atoms with Crippen LogP contribution >= 0.6 is 0 Å². The molecule has 1 aliphatic heterocycles. The first kappa shape index (κ1) is 13.2. The quantitative estimate of drug-likeness (QED) is 0.616. The predicted octanol–water partition coefficient (Wildman–Crippen LogP) is 2.99. The number of rotatable bonds is 3. The standard InChI is InChI=1S/C16H16O3/c1-4-12(13-8-6-5-7-9-13)10-14-11-15(17)19-16(2,3)18-14/h1,5-9,11-12H,10H2,2-3H3. The van der Waals surface area contributed by atoms with Gasteiger partial charge >= 0.3 is 5.97 Å². The van der Waals surface area contributed by atoms with Gasteiger partial charge in [-0.2, -0.15) is 0 Å². The zero-order valence-corrected chi connectivity index (χ0v) is 11.1. The van der Waals surface area contributed by atoms with Crippen LogP contribution in [0.1, 0.15) is 31.7 Å². The molecule has 0 saturated carbocycles. The molecule has 98 valence electrons. The molecule has 0 aliphatic carbocycles. The van der Waals surface area contributed by atoms with Crippen molar-refractivity contribution in [2.45, 2.75) is 32.0 Å². The Labute approximate surface area is 113 Å². The summed E-state index contributed by atoms with van der Waals surface area (Å²) in [5, 5.41) is 0. The second-order valence-corrected chi connectivity index (χ2v) is 4.87. The second-order valence-electron chi connectivity index (χ2n) is 4.87. The van der Waals surface area contributed by atoms with Crippen LogP contribution < -0.4 is 0 Å². The zero-order valence-electron chi connectivity index (χ0n) is 11.1. The molecule has 1 aromatic carbocycles. The molecular formula is C16H16O3. The number of cyclic esters (lactones) is 1. The van der Waals surface area contributed by atoms with E-state index in [1.54, 1.807) is 13.8 Å². The third-order valence-electron chi connectivity index (χ3n) is 2.81. The Balaban J connectivity index is 2.16. The molecule has 1 aliphatic rings. The Morgan fingerprint density at radius 3 is 2.53 bits per heavy atom. The van der Waals surface area contributed by atoms with Crippen LogP contribution in [0.4, 0.5) is 0 Å². The third-order valence-corrected chi connectivity index (χ3v) is 2.81. The van der Waals surface area contributed by atoms with E-state index in [1.165, 1.54) is 6.08 Å². The SMILES string of the molecule is C#CC(CC1=CC(=O)OC(C)(C)O1)c1ccccc1. The number of hydrogen-bond donors (Lipinski definition) is 0. The van der Waals surface area contributed by atoms with Gasteiger partial charge in [0.15, 0.2) is 0 Å². The molecule has 1 aromatic rings. The number of terminal acetylenes is 1. The van der Waals surface area contributed by atoms with Gasteiger partial charge in [-0.3, -0.25) is 0 Å². The molecule has 0 N–H and O–H groups in total. The fraction of sp³-hybridized carbons (Fsp3) is 0.312. The third kappa shape index (κ3) is 3.38. The van der Waals surface area contributed by atoms with Crippen molar-refractivity contribution < 1.29 is 14.3 Å². The molecule has 0 radical (unpaired) electrons. The van der Waals surface area contributed by atoms with Crippen molar-refractivity contribution in [1.29, 1.82) is 0 Å². The second kappa shape index (κ2) is 5.19. The maximum atomic E-state index is 11.5. The van der Waals surface area contributed by atoms with Crippen molar-refractivity contribution in [2.24, 2.45) is 0 Å². The van der Waals surface area contributed by atoms with Gasteiger partial charge in [0, 0.05) is 20.3 Å². The van der Waals surface area contributed by atoms with Crippen LogP contribution in [0.15, 0.2) is 42.2 Å². The van der Waals surface area contributed by atoms with Crippen molar-refractivity contribution in [1.82, 2.24) is 0 Å². The minimum absolute atomic E-state index is 0.117. The Bertz CT molecular complexity index is 535. The Morgan fingerprint density at radius 1 is 1.26 bits per heavy atom. The highest BCUT2D eigenvalue weighted by atomic mass is 16.7. The van der Waals surface area contributed by atoms with Gasteiger partial charge in [0.2, 0.25) is 5.79 Å². The Kier molecular flexibility index (Phi) is 3.62. The lowest BCUT2D eigenvalue weighted by Gasteiger charge is -2.31. The van der Waals surface area contributed by atoms with Crippen LogP contribution in [0, 0.1) is 12.3 Å². The Hall–Kier alpha value is -2.21. The summed E-state index contributed by atoms with van der Waals surface area (Å²) in [7, 11) is 0. The van der Waals surface area contributed by atoms with Crippen molar-refractivity contribution in [3.63, 3.8) is 0 Å². The zero-order chi connectivity index (χ0) is 13.9. The summed E-state index contributed by atoms with van der Waals surface area (Å²) < 4.78 is 10.7. The molecule has 0 bridgehead atoms. The van der Waals surface area contributed by atoms with Crippen molar-refractivity contribution in [3.8, 4) is 12.3 Å². The molecule has 0 spiro atoms. The van der Waals surface area contributed by atoms with E-state index in [9.17, 15) is 4.79 Å². The highest BCUT2D eigenvalue weighted by Gasteiger charge is 2.30. The highest BCUT2D eigenvalue weighted by Crippen LogP contribution is 2.29. The fourth-order valence-corrected chi connectivity index (χ4v) is 2.03. The van der Waals surface area contributed by atoms with E-state index in [0.717, 1.165) is 5.56 Å². The fourth-order valence-electron chi connectivity index (χ4n) is 2.03. The Morgan fingerprint density at radius 2 is 1.95 bits per heavy atom. The normalized spacial score (nSPS) is 18.6. The molecular weight excluding hydrogens is 240 g/mol. The van der Waals surface area contributed by atoms with E-state index in [2.05, 4.69) is 5.92 Å². The first-order chi connectivity index (χ1) is 9.00. The summed E-state index contributed by atoms with van der Waals surface area (Å²) in [5.41, 5.74) is 1.03. The van der Waals surface area contributed by atoms with Crippen molar-refractivity contribution >= 4 is 5.97 Å². The van der Waals surface area contributed by atoms with E-state index < -0.39 is 11.8 Å². The maximum absolute atomic E-state index is 11.5. The minimum atomic E-state index is -0.934. The molecule has 3 nitrogen and oxygen atoms in total. The van der Waals surface area contributed by atoms with Gasteiger partial charge in [-0.15, -0.1) is 6.42 Å². The molecule has 0 saturated heterocycles. The molecule has 3 heteroatoms. The summed E-state index contributed by atoms with van der Waals surface area (Å²) in [6.07, 6.45) is 7.42. The van der Waals surface area contributed by atoms with Crippen LogP contribution in [0.25, 0.3) is 0 Å². The van der Waals surface area contributed by atoms with E-state index >= 15 is 0 Å². The number of esters is 1. The van der Waals surface area contributed by atoms with Crippen LogP contribution in [0.3, 0.4) is 0 Å². The van der Waals surface area contributed by atoms with Gasteiger partial charge in [-0.1, -0.05) is 36.3 Å². The molecule has 2 rings (SSSR count). The topological polar surface area (TPSA) is 35.5 Å². The molecule has 0 fully saturated rings. The molecule has 1 unspecified atom stereocenters. The monoisotopic (exact) mass is 256 g/mol. The van der Waals surface area contributed by atoms with Crippen molar-refractivity contribution in [2.75, 3.05) is 0 Å². The lowest BCUT2D eigenvalue weighted by molar-refractivity contribution is -0.206. The number of allylic oxidation sites excluding steroid dienone is 1. The summed E-state index contributed by atoms with van der Waals surface area (Å²) in [4.78, 5) is 11.5. The van der Waals surface area contributed by atoms with E-state index in [1.807, 2.05) is 30.3 Å². The number of ether oxygens (including phenoxy) is 2. The van der Waals surface area contributed by atoms with Crippen LogP contribution in [0.5, 0.6) is 0 Å². The van der Waals surface area contributed by atoms with E-state index in [4.69, 9.17) is 15.9 Å². The predicted molar refractivity (Wildman–Crippen MR) is 72.0 cm³/mol. The summed E-state index contributed by atoms with van der Waals surface area (Å²) in [6.45, 7) is 3.40. The average Bonchev–Trinajstić information content (AvgIpc) is 2.34. The van der Waals surface area contributed by atoms with Gasteiger partial charge in [-0.05, 0) is 5.56 Å². The first-order valence-corrected chi connectivity index (χ1v) is 6.14.